The molecule has 138 valence electrons. The third-order valence-electron chi connectivity index (χ3n) is 3.77. The van der Waals surface area contributed by atoms with Gasteiger partial charge in [0.25, 0.3) is 9.84 Å². The van der Waals surface area contributed by atoms with Gasteiger partial charge < -0.3 is 0 Å². The van der Waals surface area contributed by atoms with Crippen LogP contribution >= 0.6 is 0 Å². The molecule has 0 unspecified atom stereocenters. The van der Waals surface area contributed by atoms with Gasteiger partial charge in [-0.15, -0.1) is 0 Å². The molecule has 12 heteroatoms. The topological polar surface area (TPSA) is 95.3 Å². The van der Waals surface area contributed by atoms with Gasteiger partial charge in [0.15, 0.2) is 0 Å². The third kappa shape index (κ3) is 3.63. The van der Waals surface area contributed by atoms with Crippen molar-refractivity contribution in [2.45, 2.75) is 28.1 Å². The Morgan fingerprint density at radius 1 is 1.12 bits per heavy atom. The largest absolute Gasteiger partial charge is 0.502 e. The van der Waals surface area contributed by atoms with E-state index in [1.807, 2.05) is 6.07 Å². The van der Waals surface area contributed by atoms with Gasteiger partial charge in [0.1, 0.15) is 10.7 Å². The van der Waals surface area contributed by atoms with Gasteiger partial charge in [-0.25, -0.2) is 21.2 Å². The van der Waals surface area contributed by atoms with Crippen LogP contribution in [0.15, 0.2) is 28.0 Å². The maximum atomic E-state index is 13.6. The van der Waals surface area contributed by atoms with Crippen LogP contribution in [0.2, 0.25) is 0 Å². The number of halogens is 4. The Labute approximate surface area is 141 Å². The summed E-state index contributed by atoms with van der Waals surface area (Å²) in [4.78, 5) is -2.50. The molecule has 0 aromatic heterocycles. The van der Waals surface area contributed by atoms with Crippen molar-refractivity contribution in [2.24, 2.45) is 5.92 Å². The van der Waals surface area contributed by atoms with E-state index in [-0.39, 0.29) is 37.9 Å². The minimum Gasteiger partial charge on any atom is -0.214 e. The van der Waals surface area contributed by atoms with E-state index >= 15 is 0 Å². The Morgan fingerprint density at radius 3 is 2.16 bits per heavy atom. The fraction of sp³-hybridized carbons (Fsp3) is 0.462. The second-order valence-corrected chi connectivity index (χ2v) is 9.20. The average Bonchev–Trinajstić information content (AvgIpc) is 2.53. The summed E-state index contributed by atoms with van der Waals surface area (Å²) in [5.74, 6) is -2.03. The van der Waals surface area contributed by atoms with Crippen molar-refractivity contribution in [3.63, 3.8) is 0 Å². The summed E-state index contributed by atoms with van der Waals surface area (Å²) < 4.78 is 100. The first kappa shape index (κ1) is 19.6. The van der Waals surface area contributed by atoms with Gasteiger partial charge in [-0.2, -0.15) is 22.7 Å². The quantitative estimate of drug-likeness (QED) is 0.724. The number of sulfone groups is 1. The Kier molecular flexibility index (Phi) is 5.13. The highest BCUT2D eigenvalue weighted by molar-refractivity contribution is 7.92. The van der Waals surface area contributed by atoms with Crippen molar-refractivity contribution in [1.82, 2.24) is 4.31 Å². The highest BCUT2D eigenvalue weighted by atomic mass is 32.2. The first-order valence-electron chi connectivity index (χ1n) is 6.92. The number of sulfonamides is 1. The lowest BCUT2D eigenvalue weighted by Gasteiger charge is -2.28. The van der Waals surface area contributed by atoms with Crippen LogP contribution in [0.25, 0.3) is 0 Å². The molecule has 1 aromatic rings. The molecule has 0 amide bonds. The highest BCUT2D eigenvalue weighted by Gasteiger charge is 2.48. The maximum Gasteiger partial charge on any atom is 0.502 e. The molecular weight excluding hydrogens is 388 g/mol. The van der Waals surface area contributed by atoms with Crippen molar-refractivity contribution in [3.8, 4) is 6.07 Å². The molecule has 1 heterocycles. The summed E-state index contributed by atoms with van der Waals surface area (Å²) in [6.45, 7) is -0.0847. The Bertz CT molecular complexity index is 912. The second kappa shape index (κ2) is 6.54. The van der Waals surface area contributed by atoms with Crippen molar-refractivity contribution >= 4 is 19.9 Å². The number of hydrogen-bond donors (Lipinski definition) is 0. The molecule has 1 fully saturated rings. The Morgan fingerprint density at radius 2 is 1.68 bits per heavy atom. The van der Waals surface area contributed by atoms with Crippen LogP contribution in [0.4, 0.5) is 17.6 Å². The van der Waals surface area contributed by atoms with E-state index in [4.69, 9.17) is 5.26 Å². The zero-order chi connectivity index (χ0) is 19.0. The van der Waals surface area contributed by atoms with Crippen molar-refractivity contribution in [3.05, 3.63) is 24.0 Å². The van der Waals surface area contributed by atoms with E-state index in [1.165, 1.54) is 0 Å². The lowest BCUT2D eigenvalue weighted by Crippen LogP contribution is -2.38. The molecule has 0 N–H and O–H groups in total. The summed E-state index contributed by atoms with van der Waals surface area (Å²) >= 11 is 0. The minimum atomic E-state index is -6.03. The third-order valence-corrected chi connectivity index (χ3v) is 7.17. The Hall–Kier alpha value is -1.71. The molecule has 0 radical (unpaired) electrons. The maximum absolute atomic E-state index is 13.6. The zero-order valence-electron chi connectivity index (χ0n) is 12.5. The van der Waals surface area contributed by atoms with Gasteiger partial charge in [-0.1, -0.05) is 0 Å². The summed E-state index contributed by atoms with van der Waals surface area (Å²) in [6, 6.07) is 3.24. The number of rotatable bonds is 3. The SMILES string of the molecule is N#CC1CCN(S(=O)(=O)c2ccc(F)c(S(=O)(=O)C(F)(F)F)c2)CC1. The van der Waals surface area contributed by atoms with Crippen molar-refractivity contribution in [2.75, 3.05) is 13.1 Å². The summed E-state index contributed by atoms with van der Waals surface area (Å²) in [5, 5.41) is 8.80. The number of nitrogens with zero attached hydrogens (tertiary/aromatic N) is 2. The molecular formula is C13H12F4N2O4S2. The van der Waals surface area contributed by atoms with Crippen molar-refractivity contribution in [1.29, 1.82) is 5.26 Å². The molecule has 1 aliphatic rings. The number of alkyl halides is 3. The molecule has 0 bridgehead atoms. The fourth-order valence-electron chi connectivity index (χ4n) is 2.35. The van der Waals surface area contributed by atoms with Crippen LogP contribution in [0, 0.1) is 23.1 Å². The van der Waals surface area contributed by atoms with Gasteiger partial charge in [0, 0.05) is 19.0 Å². The Balaban J connectivity index is 2.45. The minimum absolute atomic E-state index is 0.0424. The fourth-order valence-corrected chi connectivity index (χ4v) is 4.78. The first-order valence-corrected chi connectivity index (χ1v) is 9.84. The lowest BCUT2D eigenvalue weighted by atomic mass is 10.0. The van der Waals surface area contributed by atoms with Crippen LogP contribution in [0.1, 0.15) is 12.8 Å². The van der Waals surface area contributed by atoms with Gasteiger partial charge >= 0.3 is 5.51 Å². The molecule has 1 aliphatic heterocycles. The van der Waals surface area contributed by atoms with Gasteiger partial charge in [-0.05, 0) is 31.0 Å². The van der Waals surface area contributed by atoms with Crippen LogP contribution in [0.5, 0.6) is 0 Å². The van der Waals surface area contributed by atoms with Gasteiger partial charge in [-0.3, -0.25) is 0 Å². The molecule has 6 nitrogen and oxygen atoms in total. The summed E-state index contributed by atoms with van der Waals surface area (Å²) in [6.07, 6.45) is 0.481. The highest BCUT2D eigenvalue weighted by Crippen LogP contribution is 2.33. The van der Waals surface area contributed by atoms with E-state index in [1.54, 1.807) is 0 Å². The number of hydrogen-bond acceptors (Lipinski definition) is 5. The molecule has 1 saturated heterocycles. The van der Waals surface area contributed by atoms with E-state index < -0.39 is 41.0 Å². The van der Waals surface area contributed by atoms with Gasteiger partial charge in [0.05, 0.1) is 11.0 Å². The number of piperidine rings is 1. The van der Waals surface area contributed by atoms with E-state index in [9.17, 15) is 34.4 Å². The van der Waals surface area contributed by atoms with Crippen LogP contribution in [-0.4, -0.2) is 39.7 Å². The lowest BCUT2D eigenvalue weighted by molar-refractivity contribution is -0.0437. The molecule has 0 aliphatic carbocycles. The molecule has 0 atom stereocenters. The summed E-state index contributed by atoms with van der Waals surface area (Å²) in [7, 11) is -10.3. The monoisotopic (exact) mass is 400 g/mol. The normalized spacial score (nSPS) is 18.0. The second-order valence-electron chi connectivity index (χ2n) is 5.35. The predicted molar refractivity (Wildman–Crippen MR) is 76.7 cm³/mol. The summed E-state index contributed by atoms with van der Waals surface area (Å²) in [5.41, 5.74) is -5.76. The van der Waals surface area contributed by atoms with Gasteiger partial charge in [0.2, 0.25) is 10.0 Å². The number of benzene rings is 1. The molecule has 0 spiro atoms. The number of nitriles is 1. The standard InChI is InChI=1S/C13H12F4N2O4S2/c14-11-2-1-10(7-12(11)24(20,21)13(15,16)17)25(22,23)19-5-3-9(8-18)4-6-19/h1-2,7,9H,3-6H2. The smallest absolute Gasteiger partial charge is 0.214 e. The van der Waals surface area contributed by atoms with E-state index in [2.05, 4.69) is 0 Å². The van der Waals surface area contributed by atoms with E-state index in [0.29, 0.717) is 12.1 Å². The molecule has 2 rings (SSSR count). The van der Waals surface area contributed by atoms with Crippen LogP contribution < -0.4 is 0 Å². The molecule has 25 heavy (non-hydrogen) atoms. The first-order chi connectivity index (χ1) is 11.4. The van der Waals surface area contributed by atoms with Crippen molar-refractivity contribution < 1.29 is 34.4 Å². The molecule has 1 aromatic carbocycles. The van der Waals surface area contributed by atoms with Crippen LogP contribution in [-0.2, 0) is 19.9 Å². The van der Waals surface area contributed by atoms with Crippen LogP contribution in [0.3, 0.4) is 0 Å². The predicted octanol–water partition coefficient (Wildman–Crippen LogP) is 2.04. The average molecular weight is 400 g/mol. The van der Waals surface area contributed by atoms with E-state index in [0.717, 1.165) is 4.31 Å². The zero-order valence-corrected chi connectivity index (χ0v) is 14.1. The molecule has 0 saturated carbocycles.